The molecule has 0 saturated carbocycles. The first kappa shape index (κ1) is 13.7. The van der Waals surface area contributed by atoms with E-state index in [1.54, 1.807) is 28.5 Å². The molecule has 0 saturated heterocycles. The molecule has 2 aromatic rings. The maximum absolute atomic E-state index is 11.8. The fourth-order valence-corrected chi connectivity index (χ4v) is 2.20. The van der Waals surface area contributed by atoms with Crippen molar-refractivity contribution in [1.82, 2.24) is 4.57 Å². The minimum absolute atomic E-state index is 0.0303. The van der Waals surface area contributed by atoms with Gasteiger partial charge in [-0.1, -0.05) is 6.07 Å². The number of rotatable bonds is 5. The normalized spacial score (nSPS) is 10.4. The number of hydrogen-bond acceptors (Lipinski definition) is 3. The summed E-state index contributed by atoms with van der Waals surface area (Å²) in [5.41, 5.74) is 1.99. The van der Waals surface area contributed by atoms with Gasteiger partial charge in [-0.25, -0.2) is 0 Å². The molecule has 2 rings (SSSR count). The quantitative estimate of drug-likeness (QED) is 0.785. The molecule has 0 aliphatic heterocycles. The van der Waals surface area contributed by atoms with Crippen molar-refractivity contribution in [3.63, 3.8) is 0 Å². The number of pyridine rings is 1. The SMILES string of the molecule is CCn1c(-c2ccc(OCSC)cc2)cccc1=O. The van der Waals surface area contributed by atoms with E-state index in [-0.39, 0.29) is 5.56 Å². The summed E-state index contributed by atoms with van der Waals surface area (Å²) in [6.45, 7) is 2.64. The van der Waals surface area contributed by atoms with Gasteiger partial charge in [-0.15, -0.1) is 11.8 Å². The van der Waals surface area contributed by atoms with Gasteiger partial charge in [0.25, 0.3) is 5.56 Å². The molecule has 0 bridgehead atoms. The highest BCUT2D eigenvalue weighted by Crippen LogP contribution is 2.21. The first-order chi connectivity index (χ1) is 9.26. The molecular formula is C15H17NO2S. The molecule has 4 heteroatoms. The van der Waals surface area contributed by atoms with Gasteiger partial charge in [0.2, 0.25) is 0 Å². The van der Waals surface area contributed by atoms with Crippen LogP contribution >= 0.6 is 11.8 Å². The highest BCUT2D eigenvalue weighted by molar-refractivity contribution is 7.98. The third kappa shape index (κ3) is 3.20. The Labute approximate surface area is 117 Å². The Morgan fingerprint density at radius 3 is 2.53 bits per heavy atom. The van der Waals surface area contributed by atoms with Crippen LogP contribution in [-0.2, 0) is 6.54 Å². The molecule has 0 radical (unpaired) electrons. The molecule has 0 fully saturated rings. The predicted molar refractivity (Wildman–Crippen MR) is 80.8 cm³/mol. The first-order valence-electron chi connectivity index (χ1n) is 6.18. The second-order valence-electron chi connectivity index (χ2n) is 4.07. The van der Waals surface area contributed by atoms with Gasteiger partial charge in [0.15, 0.2) is 0 Å². The lowest BCUT2D eigenvalue weighted by molar-refractivity contribution is 0.393. The van der Waals surface area contributed by atoms with Crippen LogP contribution in [-0.4, -0.2) is 16.8 Å². The lowest BCUT2D eigenvalue weighted by Gasteiger charge is -2.11. The fraction of sp³-hybridized carbons (Fsp3) is 0.267. The minimum atomic E-state index is 0.0303. The van der Waals surface area contributed by atoms with Gasteiger partial charge < -0.3 is 9.30 Å². The molecule has 0 aliphatic rings. The zero-order chi connectivity index (χ0) is 13.7. The number of aromatic nitrogens is 1. The second-order valence-corrected chi connectivity index (χ2v) is 4.88. The Balaban J connectivity index is 2.32. The van der Waals surface area contributed by atoms with Crippen LogP contribution in [0.4, 0.5) is 0 Å². The van der Waals surface area contributed by atoms with E-state index in [0.29, 0.717) is 12.5 Å². The van der Waals surface area contributed by atoms with E-state index in [9.17, 15) is 4.79 Å². The van der Waals surface area contributed by atoms with Crippen molar-refractivity contribution in [3.8, 4) is 17.0 Å². The second kappa shape index (κ2) is 6.48. The summed E-state index contributed by atoms with van der Waals surface area (Å²) in [6, 6.07) is 13.2. The molecule has 1 aromatic heterocycles. The van der Waals surface area contributed by atoms with Crippen molar-refractivity contribution < 1.29 is 4.74 Å². The zero-order valence-electron chi connectivity index (χ0n) is 11.1. The van der Waals surface area contributed by atoms with Crippen LogP contribution in [0.1, 0.15) is 6.92 Å². The van der Waals surface area contributed by atoms with Crippen LogP contribution in [0.2, 0.25) is 0 Å². The number of hydrogen-bond donors (Lipinski definition) is 0. The Bertz CT molecular complexity index is 590. The third-order valence-electron chi connectivity index (χ3n) is 2.86. The minimum Gasteiger partial charge on any atom is -0.483 e. The number of ether oxygens (including phenoxy) is 1. The van der Waals surface area contributed by atoms with Crippen LogP contribution in [0, 0.1) is 0 Å². The van der Waals surface area contributed by atoms with Gasteiger partial charge in [0, 0.05) is 12.6 Å². The Hall–Kier alpha value is -1.68. The van der Waals surface area contributed by atoms with Gasteiger partial charge in [-0.05, 0) is 49.1 Å². The van der Waals surface area contributed by atoms with E-state index in [4.69, 9.17) is 4.74 Å². The lowest BCUT2D eigenvalue weighted by Crippen LogP contribution is -2.19. The average Bonchev–Trinajstić information content (AvgIpc) is 2.45. The van der Waals surface area contributed by atoms with Crippen LogP contribution < -0.4 is 10.3 Å². The number of nitrogens with zero attached hydrogens (tertiary/aromatic N) is 1. The summed E-state index contributed by atoms with van der Waals surface area (Å²) in [5, 5.41) is 0. The summed E-state index contributed by atoms with van der Waals surface area (Å²) in [4.78, 5) is 11.8. The van der Waals surface area contributed by atoms with Crippen molar-refractivity contribution in [1.29, 1.82) is 0 Å². The standard InChI is InChI=1S/C15H17NO2S/c1-3-16-14(5-4-6-15(16)17)12-7-9-13(10-8-12)18-11-19-2/h4-10H,3,11H2,1-2H3. The Kier molecular flexibility index (Phi) is 4.68. The Morgan fingerprint density at radius 2 is 1.89 bits per heavy atom. The zero-order valence-corrected chi connectivity index (χ0v) is 11.9. The van der Waals surface area contributed by atoms with Crippen LogP contribution in [0.25, 0.3) is 11.3 Å². The number of thioether (sulfide) groups is 1. The summed E-state index contributed by atoms with van der Waals surface area (Å²) >= 11 is 1.64. The van der Waals surface area contributed by atoms with Gasteiger partial charge in [0.1, 0.15) is 11.7 Å². The molecule has 3 nitrogen and oxygen atoms in total. The molecule has 0 N–H and O–H groups in total. The van der Waals surface area contributed by atoms with Crippen molar-refractivity contribution in [2.75, 3.05) is 12.2 Å². The molecule has 0 atom stereocenters. The molecule has 19 heavy (non-hydrogen) atoms. The molecule has 0 spiro atoms. The predicted octanol–water partition coefficient (Wildman–Crippen LogP) is 3.23. The van der Waals surface area contributed by atoms with E-state index in [1.807, 2.05) is 43.5 Å². The molecule has 1 heterocycles. The maximum atomic E-state index is 11.8. The largest absolute Gasteiger partial charge is 0.483 e. The summed E-state index contributed by atoms with van der Waals surface area (Å²) in [6.07, 6.45) is 2.00. The van der Waals surface area contributed by atoms with Gasteiger partial charge in [-0.2, -0.15) is 0 Å². The lowest BCUT2D eigenvalue weighted by atomic mass is 10.1. The van der Waals surface area contributed by atoms with E-state index in [0.717, 1.165) is 17.0 Å². The van der Waals surface area contributed by atoms with Crippen molar-refractivity contribution in [2.45, 2.75) is 13.5 Å². The van der Waals surface area contributed by atoms with Crippen molar-refractivity contribution in [3.05, 3.63) is 52.8 Å². The summed E-state index contributed by atoms with van der Waals surface area (Å²) in [5.74, 6) is 1.49. The van der Waals surface area contributed by atoms with E-state index in [1.165, 1.54) is 0 Å². The maximum Gasteiger partial charge on any atom is 0.250 e. The highest BCUT2D eigenvalue weighted by Gasteiger charge is 2.04. The number of benzene rings is 1. The van der Waals surface area contributed by atoms with Gasteiger partial charge >= 0.3 is 0 Å². The molecule has 1 aromatic carbocycles. The van der Waals surface area contributed by atoms with E-state index in [2.05, 4.69) is 0 Å². The van der Waals surface area contributed by atoms with Gasteiger partial charge in [-0.3, -0.25) is 4.79 Å². The monoisotopic (exact) mass is 275 g/mol. The first-order valence-corrected chi connectivity index (χ1v) is 7.57. The van der Waals surface area contributed by atoms with Crippen LogP contribution in [0.15, 0.2) is 47.3 Å². The molecule has 100 valence electrons. The smallest absolute Gasteiger partial charge is 0.250 e. The topological polar surface area (TPSA) is 31.2 Å². The molecular weight excluding hydrogens is 258 g/mol. The Morgan fingerprint density at radius 1 is 1.16 bits per heavy atom. The van der Waals surface area contributed by atoms with Crippen molar-refractivity contribution >= 4 is 11.8 Å². The van der Waals surface area contributed by atoms with E-state index >= 15 is 0 Å². The average molecular weight is 275 g/mol. The summed E-state index contributed by atoms with van der Waals surface area (Å²) in [7, 11) is 0. The molecule has 0 unspecified atom stereocenters. The molecule has 0 aliphatic carbocycles. The van der Waals surface area contributed by atoms with Crippen molar-refractivity contribution in [2.24, 2.45) is 0 Å². The van der Waals surface area contributed by atoms with Gasteiger partial charge in [0.05, 0.1) is 5.69 Å². The summed E-state index contributed by atoms with van der Waals surface area (Å²) < 4.78 is 7.28. The fourth-order valence-electron chi connectivity index (χ4n) is 1.95. The third-order valence-corrected chi connectivity index (χ3v) is 3.21. The van der Waals surface area contributed by atoms with Crippen LogP contribution in [0.5, 0.6) is 5.75 Å². The van der Waals surface area contributed by atoms with E-state index < -0.39 is 0 Å². The van der Waals surface area contributed by atoms with Crippen LogP contribution in [0.3, 0.4) is 0 Å². The highest BCUT2D eigenvalue weighted by atomic mass is 32.2. The molecule has 0 amide bonds.